The van der Waals surface area contributed by atoms with Crippen LogP contribution in [0.5, 0.6) is 23.0 Å². The van der Waals surface area contributed by atoms with Crippen LogP contribution in [-0.4, -0.2) is 261 Å². The quantitative estimate of drug-likeness (QED) is 0.0346. The van der Waals surface area contributed by atoms with E-state index in [0.29, 0.717) is 36.7 Å². The van der Waals surface area contributed by atoms with Crippen molar-refractivity contribution >= 4 is 108 Å². The van der Waals surface area contributed by atoms with Crippen LogP contribution in [0.3, 0.4) is 0 Å². The summed E-state index contributed by atoms with van der Waals surface area (Å²) in [5.41, 5.74) is 13.2. The van der Waals surface area contributed by atoms with Crippen molar-refractivity contribution in [3.05, 3.63) is 141 Å². The molecule has 21 rings (SSSR count). The molecule has 4 aromatic carbocycles. The van der Waals surface area contributed by atoms with Crippen LogP contribution >= 0.6 is 0 Å². The molecule has 7 aromatic heterocycles. The molecule has 132 heavy (non-hydrogen) atoms. The molecule has 10 fully saturated rings. The van der Waals surface area contributed by atoms with Gasteiger partial charge in [-0.2, -0.15) is 5.10 Å². The van der Waals surface area contributed by atoms with Crippen molar-refractivity contribution in [2.45, 2.75) is 177 Å². The number of benzene rings is 4. The van der Waals surface area contributed by atoms with E-state index in [1.807, 2.05) is 13.2 Å². The molecule has 696 valence electrons. The van der Waals surface area contributed by atoms with Crippen molar-refractivity contribution < 1.29 is 57.0 Å². The fraction of sp³-hybridized carbons (Fsp3) is 0.521. The Labute approximate surface area is 767 Å². The number of hydrogen-bond acceptors (Lipinski definition) is 32. The fourth-order valence-electron chi connectivity index (χ4n) is 18.7. The molecular weight excluding hydrogens is 1680 g/mol. The summed E-state index contributed by atoms with van der Waals surface area (Å²) in [6, 6.07) is 17.8. The largest absolute Gasteiger partial charge is 0.488 e. The zero-order valence-corrected chi connectivity index (χ0v) is 75.3. The zero-order valence-electron chi connectivity index (χ0n) is 75.3. The summed E-state index contributed by atoms with van der Waals surface area (Å²) < 4.78 is 55.0. The Balaban J connectivity index is 0.000000118. The van der Waals surface area contributed by atoms with Crippen LogP contribution in [0.4, 0.5) is 46.0 Å². The number of aromatic nitrogens is 14. The number of rotatable bonds is 23. The minimum Gasteiger partial charge on any atom is -0.488 e. The first-order valence-electron chi connectivity index (χ1n) is 47.2. The van der Waals surface area contributed by atoms with Crippen molar-refractivity contribution in [1.82, 2.24) is 85.5 Å². The molecule has 36 nitrogen and oxygen atoms in total. The van der Waals surface area contributed by atoms with Gasteiger partial charge in [-0.25, -0.2) is 39.9 Å². The summed E-state index contributed by atoms with van der Waals surface area (Å²) in [7, 11) is 3.47. The molecule has 0 bridgehead atoms. The van der Waals surface area contributed by atoms with E-state index in [2.05, 4.69) is 165 Å². The average Bonchev–Trinajstić information content (AvgIpc) is 1.21. The number of nitrogens with zero attached hydrogens (tertiary/aromatic N) is 18. The minimum atomic E-state index is -0.195. The highest BCUT2D eigenvalue weighted by Gasteiger charge is 2.34. The van der Waals surface area contributed by atoms with Gasteiger partial charge >= 0.3 is 0 Å². The van der Waals surface area contributed by atoms with E-state index in [9.17, 15) is 14.4 Å². The first-order chi connectivity index (χ1) is 64.9. The van der Waals surface area contributed by atoms with Crippen molar-refractivity contribution in [3.63, 3.8) is 0 Å². The third-order valence-corrected chi connectivity index (χ3v) is 26.4. The molecule has 0 spiro atoms. The number of morpholine rings is 4. The van der Waals surface area contributed by atoms with Crippen molar-refractivity contribution in [3.8, 4) is 23.0 Å². The van der Waals surface area contributed by atoms with Gasteiger partial charge in [0.2, 0.25) is 23.7 Å². The summed E-state index contributed by atoms with van der Waals surface area (Å²) in [5, 5.41) is 23.3. The third-order valence-electron chi connectivity index (χ3n) is 26.4. The molecule has 5 saturated heterocycles. The monoisotopic (exact) mass is 1800 g/mol. The number of aryl methyl sites for hydroxylation is 1. The molecule has 11 aromatic rings. The van der Waals surface area contributed by atoms with Crippen LogP contribution in [0.15, 0.2) is 135 Å². The molecule has 0 radical (unpaired) electrons. The minimum absolute atomic E-state index is 0.0156. The SMILES string of the molecule is CNC(=O)c1cnc(NC2CCC(Oc3cc(N4CCOCC4)cc4nccnc34)CC2)nc1.Cn1cc(Nc2cnc(NC3CCC(Oc4cc(N5CCOCC5)cc5nccnc45)CC3)nc2)cn1.O=C(NC1CCC(Oc2cc(N3CCOCC3)cc3nccnc23)CC1)C1CCC1.O=C(NC1CCC(Oc2cc(N3CCOCC3)cc3nccnc23)CC1)C1CCOC1. The lowest BCUT2D eigenvalue weighted by Gasteiger charge is -2.33. The molecule has 12 heterocycles. The lowest BCUT2D eigenvalue weighted by molar-refractivity contribution is -0.128. The van der Waals surface area contributed by atoms with Crippen LogP contribution < -0.4 is 70.4 Å². The predicted octanol–water partition coefficient (Wildman–Crippen LogP) is 11.3. The van der Waals surface area contributed by atoms with E-state index in [0.717, 1.165) is 328 Å². The molecule has 5 aliphatic carbocycles. The van der Waals surface area contributed by atoms with Crippen LogP contribution in [0.1, 0.15) is 139 Å². The molecule has 6 N–H and O–H groups in total. The number of anilines is 8. The third kappa shape index (κ3) is 23.7. The average molecular weight is 1800 g/mol. The first kappa shape index (κ1) is 90.2. The van der Waals surface area contributed by atoms with E-state index >= 15 is 0 Å². The smallest absolute Gasteiger partial charge is 0.254 e. The first-order valence-corrected chi connectivity index (χ1v) is 47.2. The maximum absolute atomic E-state index is 12.4. The number of carbonyl (C=O) groups is 3. The van der Waals surface area contributed by atoms with E-state index in [4.69, 9.17) is 42.6 Å². The van der Waals surface area contributed by atoms with Gasteiger partial charge in [0, 0.05) is 218 Å². The van der Waals surface area contributed by atoms with Crippen molar-refractivity contribution in [2.75, 3.05) is 161 Å². The maximum atomic E-state index is 12.4. The molecule has 5 aliphatic heterocycles. The van der Waals surface area contributed by atoms with Crippen LogP contribution in [0.25, 0.3) is 44.1 Å². The van der Waals surface area contributed by atoms with Gasteiger partial charge in [0.15, 0.2) is 0 Å². The molecule has 3 amide bonds. The van der Waals surface area contributed by atoms with E-state index in [1.165, 1.54) is 18.8 Å². The highest BCUT2D eigenvalue weighted by atomic mass is 16.5. The molecular formula is C96H120N24O12. The fourth-order valence-corrected chi connectivity index (χ4v) is 18.7. The molecule has 5 saturated carbocycles. The Morgan fingerprint density at radius 1 is 0.348 bits per heavy atom. The van der Waals surface area contributed by atoms with Crippen LogP contribution in [0, 0.1) is 11.8 Å². The topological polar surface area (TPSA) is 392 Å². The van der Waals surface area contributed by atoms with Gasteiger partial charge < -0.3 is 94.1 Å². The van der Waals surface area contributed by atoms with Gasteiger partial charge in [0.25, 0.3) is 5.91 Å². The van der Waals surface area contributed by atoms with Gasteiger partial charge in [-0.3, -0.25) is 39.0 Å². The number of carbonyl (C=O) groups excluding carboxylic acids is 3. The molecule has 1 unspecified atom stereocenters. The van der Waals surface area contributed by atoms with Gasteiger partial charge in [-0.15, -0.1) is 0 Å². The van der Waals surface area contributed by atoms with Gasteiger partial charge in [-0.1, -0.05) is 6.42 Å². The summed E-state index contributed by atoms with van der Waals surface area (Å²) >= 11 is 0. The number of fused-ring (bicyclic) bond motifs is 4. The summed E-state index contributed by atoms with van der Waals surface area (Å²) in [5.74, 6) is 4.85. The number of ether oxygens (including phenoxy) is 9. The van der Waals surface area contributed by atoms with Gasteiger partial charge in [0.05, 0.1) is 147 Å². The maximum Gasteiger partial charge on any atom is 0.254 e. The van der Waals surface area contributed by atoms with Crippen molar-refractivity contribution in [2.24, 2.45) is 18.9 Å². The van der Waals surface area contributed by atoms with Crippen molar-refractivity contribution in [1.29, 1.82) is 0 Å². The predicted molar refractivity (Wildman–Crippen MR) is 501 cm³/mol. The van der Waals surface area contributed by atoms with E-state index in [-0.39, 0.29) is 72.1 Å². The Kier molecular flexibility index (Phi) is 30.2. The number of nitrogens with one attached hydrogen (secondary N) is 6. The Morgan fingerprint density at radius 3 is 0.992 bits per heavy atom. The standard InChI is InChI=1S/C26H31N9O2.C24H29N7O3.C23H30N4O4.C23H30N4O3/c1-34-17-20(16-31-34)32-19-14-29-26(30-15-19)33-18-2-4-22(5-3-18)37-24-13-21(35-8-10-36-11-9-35)12-23-25(24)28-7-6-27-23;1-25-23(32)16-14-28-24(29-15-16)30-17-2-4-19(5-3-17)34-21-13-18(31-8-10-33-11-9-31)12-20-22(21)27-7-6-26-20;28-23(16-5-10-30-15-16)26-17-1-3-19(4-2-17)31-21-14-18(27-8-11-29-12-9-27)13-20-22(21)25-7-6-24-20;28-23(16-2-1-3-16)26-17-4-6-19(7-5-17)30-21-15-18(27-10-12-29-13-11-27)14-20-22(21)25-9-8-24-20/h6-7,12-18,22,32H,2-5,8-11H2,1H3,(H,29,30,33);6-7,12-15,17,19H,2-5,8-11H2,1H3,(H,25,32)(H,28,29,30);6-7,13-14,16-17,19H,1-5,8-12,15H2,(H,26,28);8-9,14-17,19H,1-7,10-13H2,(H,26,28). The second-order valence-corrected chi connectivity index (χ2v) is 35.4. The molecule has 36 heteroatoms. The van der Waals surface area contributed by atoms with Gasteiger partial charge in [-0.05, 0) is 146 Å². The summed E-state index contributed by atoms with van der Waals surface area (Å²) in [6.07, 6.45) is 43.8. The Hall–Kier alpha value is -12.4. The Morgan fingerprint density at radius 2 is 0.682 bits per heavy atom. The highest BCUT2D eigenvalue weighted by molar-refractivity contribution is 5.93. The normalized spacial score (nSPS) is 22.9. The van der Waals surface area contributed by atoms with E-state index < -0.39 is 0 Å². The lowest BCUT2D eigenvalue weighted by Crippen LogP contribution is -2.43. The molecule has 1 atom stereocenters. The zero-order chi connectivity index (χ0) is 89.7. The summed E-state index contributed by atoms with van der Waals surface area (Å²) in [6.45, 7) is 14.0. The highest BCUT2D eigenvalue weighted by Crippen LogP contribution is 2.40. The number of hydrogen-bond donors (Lipinski definition) is 6. The summed E-state index contributed by atoms with van der Waals surface area (Å²) in [4.78, 5) is 99.3. The van der Waals surface area contributed by atoms with Gasteiger partial charge in [0.1, 0.15) is 45.1 Å². The lowest BCUT2D eigenvalue weighted by atomic mass is 9.84. The van der Waals surface area contributed by atoms with Crippen LogP contribution in [0.2, 0.25) is 0 Å². The molecule has 10 aliphatic rings. The van der Waals surface area contributed by atoms with Crippen LogP contribution in [-0.2, 0) is 40.3 Å². The Bertz CT molecular complexity index is 5610. The van der Waals surface area contributed by atoms with E-state index in [1.54, 1.807) is 79.9 Å². The second kappa shape index (κ2) is 44.2. The number of amides is 3. The second-order valence-electron chi connectivity index (χ2n) is 35.4.